The Hall–Kier alpha value is -2.51. The van der Waals surface area contributed by atoms with Crippen molar-refractivity contribution in [1.82, 2.24) is 10.2 Å². The fraction of sp³-hybridized carbons (Fsp3) is 0.286. The normalized spacial score (nSPS) is 17.7. The second-order valence-corrected chi connectivity index (χ2v) is 8.61. The van der Waals surface area contributed by atoms with Crippen molar-refractivity contribution in [3.63, 3.8) is 0 Å². The molecule has 8 heteroatoms. The molecule has 0 fully saturated rings. The number of hydrogen-bond acceptors (Lipinski definition) is 6. The molecule has 2 aliphatic heterocycles. The smallest absolute Gasteiger partial charge is 0.231 e. The second-order valence-electron chi connectivity index (χ2n) is 6.96. The predicted molar refractivity (Wildman–Crippen MR) is 113 cm³/mol. The number of nitrogens with one attached hydrogen (secondary N) is 1. The van der Waals surface area contributed by atoms with Gasteiger partial charge in [0.1, 0.15) is 5.75 Å². The van der Waals surface area contributed by atoms with Gasteiger partial charge in [-0.2, -0.15) is 5.10 Å². The van der Waals surface area contributed by atoms with Crippen LogP contribution in [-0.2, 0) is 6.54 Å². The third-order valence-electron chi connectivity index (χ3n) is 5.20. The van der Waals surface area contributed by atoms with Crippen molar-refractivity contribution < 1.29 is 14.2 Å². The third-order valence-corrected chi connectivity index (χ3v) is 6.88. The number of H-pyrrole nitrogens is 1. The highest BCUT2D eigenvalue weighted by Gasteiger charge is 2.27. The molecule has 0 bridgehead atoms. The van der Waals surface area contributed by atoms with E-state index in [0.717, 1.165) is 42.3 Å². The van der Waals surface area contributed by atoms with E-state index >= 15 is 0 Å². The fourth-order valence-electron chi connectivity index (χ4n) is 3.72. The Balaban J connectivity index is 1.51. The van der Waals surface area contributed by atoms with Crippen LogP contribution in [0, 0.1) is 0 Å². The van der Waals surface area contributed by atoms with E-state index in [1.807, 2.05) is 36.0 Å². The summed E-state index contributed by atoms with van der Waals surface area (Å²) >= 11 is 8.44. The zero-order chi connectivity index (χ0) is 19.8. The number of thioether (sulfide) groups is 1. The van der Waals surface area contributed by atoms with Gasteiger partial charge >= 0.3 is 0 Å². The van der Waals surface area contributed by atoms with Crippen molar-refractivity contribution in [2.75, 3.05) is 25.3 Å². The average molecular weight is 430 g/mol. The molecule has 1 unspecified atom stereocenters. The maximum Gasteiger partial charge on any atom is 0.231 e. The van der Waals surface area contributed by atoms with Crippen LogP contribution in [0.2, 0.25) is 5.02 Å². The first-order chi connectivity index (χ1) is 14.2. The van der Waals surface area contributed by atoms with Crippen molar-refractivity contribution in [3.05, 3.63) is 58.9 Å². The van der Waals surface area contributed by atoms with Gasteiger partial charge < -0.3 is 19.1 Å². The molecule has 0 amide bonds. The zero-order valence-corrected chi connectivity index (χ0v) is 17.4. The number of aromatic nitrogens is 2. The van der Waals surface area contributed by atoms with E-state index in [9.17, 15) is 0 Å². The van der Waals surface area contributed by atoms with Crippen LogP contribution in [0.1, 0.15) is 22.9 Å². The van der Waals surface area contributed by atoms with E-state index in [-0.39, 0.29) is 12.0 Å². The van der Waals surface area contributed by atoms with E-state index in [2.05, 4.69) is 27.2 Å². The summed E-state index contributed by atoms with van der Waals surface area (Å²) < 4.78 is 16.5. The quantitative estimate of drug-likeness (QED) is 0.626. The molecule has 2 aromatic carbocycles. The largest absolute Gasteiger partial charge is 0.497 e. The average Bonchev–Trinajstić information content (AvgIpc) is 3.37. The first-order valence-electron chi connectivity index (χ1n) is 9.38. The maximum absolute atomic E-state index is 6.63. The summed E-state index contributed by atoms with van der Waals surface area (Å²) in [4.78, 5) is 3.54. The molecule has 1 N–H and O–H groups in total. The van der Waals surface area contributed by atoms with E-state index < -0.39 is 0 Å². The van der Waals surface area contributed by atoms with Crippen molar-refractivity contribution >= 4 is 29.1 Å². The molecule has 2 aliphatic rings. The molecule has 150 valence electrons. The minimum Gasteiger partial charge on any atom is -0.497 e. The predicted octanol–water partition coefficient (Wildman–Crippen LogP) is 5.04. The highest BCUT2D eigenvalue weighted by atomic mass is 35.5. The number of ether oxygens (including phenoxy) is 3. The molecular weight excluding hydrogens is 410 g/mol. The molecule has 0 aliphatic carbocycles. The summed E-state index contributed by atoms with van der Waals surface area (Å²) in [6.45, 7) is 1.90. The van der Waals surface area contributed by atoms with Crippen molar-refractivity contribution in [2.45, 2.75) is 23.1 Å². The van der Waals surface area contributed by atoms with Gasteiger partial charge in [0, 0.05) is 34.0 Å². The monoisotopic (exact) mass is 429 g/mol. The van der Waals surface area contributed by atoms with Crippen LogP contribution < -0.4 is 19.1 Å². The Morgan fingerprint density at radius 1 is 1.24 bits per heavy atom. The van der Waals surface area contributed by atoms with Crippen LogP contribution in [0.3, 0.4) is 0 Å². The summed E-state index contributed by atoms with van der Waals surface area (Å²) in [7, 11) is 1.69. The molecule has 29 heavy (non-hydrogen) atoms. The molecular formula is C21H20ClN3O3S. The summed E-state index contributed by atoms with van der Waals surface area (Å²) in [5, 5.41) is 8.04. The van der Waals surface area contributed by atoms with Gasteiger partial charge in [-0.05, 0) is 42.3 Å². The van der Waals surface area contributed by atoms with Gasteiger partial charge in [-0.15, -0.1) is 11.8 Å². The number of rotatable bonds is 4. The number of hydrogen-bond donors (Lipinski definition) is 1. The van der Waals surface area contributed by atoms with Gasteiger partial charge in [0.05, 0.1) is 25.0 Å². The van der Waals surface area contributed by atoms with Crippen molar-refractivity contribution in [2.24, 2.45) is 0 Å². The fourth-order valence-corrected chi connectivity index (χ4v) is 5.43. The second kappa shape index (κ2) is 7.72. The number of halogens is 1. The molecule has 1 atom stereocenters. The van der Waals surface area contributed by atoms with Gasteiger partial charge in [0.25, 0.3) is 0 Å². The van der Waals surface area contributed by atoms with Crippen LogP contribution in [0.15, 0.2) is 47.5 Å². The molecule has 0 spiro atoms. The van der Waals surface area contributed by atoms with Gasteiger partial charge in [0.2, 0.25) is 6.79 Å². The third kappa shape index (κ3) is 3.60. The Morgan fingerprint density at radius 2 is 2.10 bits per heavy atom. The molecule has 0 radical (unpaired) electrons. The summed E-state index contributed by atoms with van der Waals surface area (Å²) in [5.41, 5.74) is 3.33. The molecule has 5 rings (SSSR count). The van der Waals surface area contributed by atoms with Crippen LogP contribution in [0.4, 0.5) is 5.69 Å². The summed E-state index contributed by atoms with van der Waals surface area (Å²) in [5.74, 6) is 2.31. The van der Waals surface area contributed by atoms with Crippen LogP contribution in [-0.4, -0.2) is 30.6 Å². The highest BCUT2D eigenvalue weighted by Crippen LogP contribution is 2.50. The molecule has 0 saturated heterocycles. The van der Waals surface area contributed by atoms with Crippen LogP contribution in [0.5, 0.6) is 17.2 Å². The minimum absolute atomic E-state index is 0.189. The molecule has 3 heterocycles. The van der Waals surface area contributed by atoms with Gasteiger partial charge in [-0.25, -0.2) is 0 Å². The lowest BCUT2D eigenvalue weighted by Crippen LogP contribution is -2.24. The zero-order valence-electron chi connectivity index (χ0n) is 15.9. The number of benzene rings is 2. The number of aromatic amines is 1. The first kappa shape index (κ1) is 18.5. The number of methoxy groups -OCH3 is 1. The Kier molecular flexibility index (Phi) is 4.93. The van der Waals surface area contributed by atoms with Gasteiger partial charge in [-0.1, -0.05) is 11.6 Å². The van der Waals surface area contributed by atoms with Crippen molar-refractivity contribution in [1.29, 1.82) is 0 Å². The highest BCUT2D eigenvalue weighted by molar-refractivity contribution is 7.99. The lowest BCUT2D eigenvalue weighted by molar-refractivity contribution is 0.174. The molecule has 1 aromatic heterocycles. The SMILES string of the molecule is COc1ccc2c(c1)SC(c1cc3c(cc1Cl)OCO3)CCN2Cc1ccn[nH]1. The first-order valence-corrected chi connectivity index (χ1v) is 10.6. The summed E-state index contributed by atoms with van der Waals surface area (Å²) in [6.07, 6.45) is 2.72. The Morgan fingerprint density at radius 3 is 2.90 bits per heavy atom. The summed E-state index contributed by atoms with van der Waals surface area (Å²) in [6, 6.07) is 12.1. The van der Waals surface area contributed by atoms with Crippen molar-refractivity contribution in [3.8, 4) is 17.2 Å². The Bertz CT molecular complexity index is 1030. The van der Waals surface area contributed by atoms with E-state index in [4.69, 9.17) is 25.8 Å². The number of nitrogens with zero attached hydrogens (tertiary/aromatic N) is 2. The molecule has 6 nitrogen and oxygen atoms in total. The van der Waals surface area contributed by atoms with E-state index in [1.165, 1.54) is 10.6 Å². The maximum atomic E-state index is 6.63. The lowest BCUT2D eigenvalue weighted by atomic mass is 10.1. The molecule has 3 aromatic rings. The van der Waals surface area contributed by atoms with E-state index in [1.54, 1.807) is 13.3 Å². The van der Waals surface area contributed by atoms with Gasteiger partial charge in [-0.3, -0.25) is 5.10 Å². The lowest BCUT2D eigenvalue weighted by Gasteiger charge is -2.24. The van der Waals surface area contributed by atoms with E-state index in [0.29, 0.717) is 10.8 Å². The van der Waals surface area contributed by atoms with Crippen LogP contribution >= 0.6 is 23.4 Å². The Labute approximate surface area is 178 Å². The number of fused-ring (bicyclic) bond motifs is 2. The number of anilines is 1. The molecule has 0 saturated carbocycles. The van der Waals surface area contributed by atoms with Crippen LogP contribution in [0.25, 0.3) is 0 Å². The minimum atomic E-state index is 0.189. The standard InChI is InChI=1S/C21H20ClN3O3S/c1-26-14-2-3-17-21(8-14)29-20(5-7-25(17)11-13-4-6-23-24-13)15-9-18-19(10-16(15)22)28-12-27-18/h2-4,6,8-10,20H,5,7,11-12H2,1H3,(H,23,24). The topological polar surface area (TPSA) is 59.6 Å². The van der Waals surface area contributed by atoms with Gasteiger partial charge in [0.15, 0.2) is 11.5 Å².